The third-order valence-corrected chi connectivity index (χ3v) is 4.12. The monoisotopic (exact) mass is 372 g/mol. The molecular formula is C18H27F3N4O. The number of para-hydroxylation sites is 1. The number of ether oxygens (including phenoxy) is 1. The SMILES string of the molecule is CCN=C(NC1CCN(CC(F)(F)F)C1)N(C)CCOc1ccccc1. The molecule has 1 saturated heterocycles. The van der Waals surface area contributed by atoms with E-state index >= 15 is 0 Å². The molecule has 1 heterocycles. The molecule has 26 heavy (non-hydrogen) atoms. The summed E-state index contributed by atoms with van der Waals surface area (Å²) in [7, 11) is 1.90. The second-order valence-corrected chi connectivity index (χ2v) is 6.36. The summed E-state index contributed by atoms with van der Waals surface area (Å²) in [5, 5.41) is 3.29. The van der Waals surface area contributed by atoms with Crippen molar-refractivity contribution >= 4 is 5.96 Å². The Labute approximate surface area is 152 Å². The fraction of sp³-hybridized carbons (Fsp3) is 0.611. The molecule has 0 aliphatic carbocycles. The highest BCUT2D eigenvalue weighted by atomic mass is 19.4. The van der Waals surface area contributed by atoms with Crippen molar-refractivity contribution in [3.05, 3.63) is 30.3 Å². The first-order chi connectivity index (χ1) is 12.4. The molecule has 2 rings (SSSR count). The van der Waals surface area contributed by atoms with Crippen LogP contribution in [0.2, 0.25) is 0 Å². The molecular weight excluding hydrogens is 345 g/mol. The van der Waals surface area contributed by atoms with Gasteiger partial charge >= 0.3 is 6.18 Å². The zero-order valence-corrected chi connectivity index (χ0v) is 15.3. The van der Waals surface area contributed by atoms with E-state index in [1.807, 2.05) is 49.2 Å². The van der Waals surface area contributed by atoms with Crippen molar-refractivity contribution in [2.45, 2.75) is 25.6 Å². The van der Waals surface area contributed by atoms with Gasteiger partial charge in [0.05, 0.1) is 13.1 Å². The number of nitrogens with one attached hydrogen (secondary N) is 1. The third-order valence-electron chi connectivity index (χ3n) is 4.12. The molecule has 1 aromatic rings. The Morgan fingerprint density at radius 1 is 1.35 bits per heavy atom. The fourth-order valence-electron chi connectivity index (χ4n) is 2.88. The lowest BCUT2D eigenvalue weighted by Gasteiger charge is -2.25. The summed E-state index contributed by atoms with van der Waals surface area (Å²) < 4.78 is 43.2. The number of halogens is 3. The van der Waals surface area contributed by atoms with Gasteiger partial charge in [0.15, 0.2) is 5.96 Å². The molecule has 0 spiro atoms. The summed E-state index contributed by atoms with van der Waals surface area (Å²) >= 11 is 0. The second kappa shape index (κ2) is 9.66. The molecule has 146 valence electrons. The quantitative estimate of drug-likeness (QED) is 0.590. The van der Waals surface area contributed by atoms with Gasteiger partial charge < -0.3 is 15.0 Å². The molecule has 0 amide bonds. The van der Waals surface area contributed by atoms with Crippen molar-refractivity contribution in [1.82, 2.24) is 15.1 Å². The minimum absolute atomic E-state index is 0.0276. The zero-order valence-electron chi connectivity index (χ0n) is 15.3. The van der Waals surface area contributed by atoms with Gasteiger partial charge in [-0.15, -0.1) is 0 Å². The molecule has 5 nitrogen and oxygen atoms in total. The Kier molecular flexibility index (Phi) is 7.56. The maximum atomic E-state index is 12.5. The fourth-order valence-corrected chi connectivity index (χ4v) is 2.88. The summed E-state index contributed by atoms with van der Waals surface area (Å²) in [6.07, 6.45) is -3.48. The van der Waals surface area contributed by atoms with Crippen LogP contribution in [0.1, 0.15) is 13.3 Å². The van der Waals surface area contributed by atoms with Crippen LogP contribution in [0.5, 0.6) is 5.75 Å². The van der Waals surface area contributed by atoms with E-state index < -0.39 is 12.7 Å². The molecule has 1 aliphatic heterocycles. The van der Waals surface area contributed by atoms with Crippen LogP contribution < -0.4 is 10.1 Å². The summed E-state index contributed by atoms with van der Waals surface area (Å²) in [5.74, 6) is 1.50. The van der Waals surface area contributed by atoms with Crippen molar-refractivity contribution < 1.29 is 17.9 Å². The van der Waals surface area contributed by atoms with Crippen molar-refractivity contribution in [2.75, 3.05) is 46.4 Å². The number of nitrogens with zero attached hydrogens (tertiary/aromatic N) is 3. The van der Waals surface area contributed by atoms with Gasteiger partial charge in [-0.05, 0) is 25.5 Å². The lowest BCUT2D eigenvalue weighted by Crippen LogP contribution is -2.47. The highest BCUT2D eigenvalue weighted by molar-refractivity contribution is 5.80. The van der Waals surface area contributed by atoms with E-state index in [-0.39, 0.29) is 6.04 Å². The number of rotatable bonds is 7. The first kappa shape index (κ1) is 20.4. The average Bonchev–Trinajstić information content (AvgIpc) is 3.00. The van der Waals surface area contributed by atoms with E-state index in [9.17, 15) is 13.2 Å². The Morgan fingerprint density at radius 3 is 2.73 bits per heavy atom. The van der Waals surface area contributed by atoms with Gasteiger partial charge in [0.25, 0.3) is 0 Å². The molecule has 1 atom stereocenters. The summed E-state index contributed by atoms with van der Waals surface area (Å²) in [6.45, 7) is 3.61. The molecule has 1 unspecified atom stereocenters. The van der Waals surface area contributed by atoms with Gasteiger partial charge in [0.1, 0.15) is 12.4 Å². The maximum absolute atomic E-state index is 12.5. The van der Waals surface area contributed by atoms with Crippen LogP contribution in [0, 0.1) is 0 Å². The Morgan fingerprint density at radius 2 is 2.08 bits per heavy atom. The lowest BCUT2D eigenvalue weighted by atomic mass is 10.3. The van der Waals surface area contributed by atoms with Crippen LogP contribution >= 0.6 is 0 Å². The highest BCUT2D eigenvalue weighted by Gasteiger charge is 2.34. The van der Waals surface area contributed by atoms with E-state index in [1.165, 1.54) is 4.90 Å². The van der Waals surface area contributed by atoms with Crippen molar-refractivity contribution in [3.8, 4) is 5.75 Å². The van der Waals surface area contributed by atoms with Crippen LogP contribution in [0.4, 0.5) is 13.2 Å². The van der Waals surface area contributed by atoms with E-state index in [1.54, 1.807) is 0 Å². The molecule has 1 N–H and O–H groups in total. The van der Waals surface area contributed by atoms with E-state index in [0.29, 0.717) is 45.2 Å². The molecule has 0 bridgehead atoms. The highest BCUT2D eigenvalue weighted by Crippen LogP contribution is 2.20. The smallest absolute Gasteiger partial charge is 0.401 e. The van der Waals surface area contributed by atoms with E-state index in [0.717, 1.165) is 5.75 Å². The van der Waals surface area contributed by atoms with Gasteiger partial charge in [-0.1, -0.05) is 18.2 Å². The van der Waals surface area contributed by atoms with Crippen molar-refractivity contribution in [3.63, 3.8) is 0 Å². The molecule has 0 aromatic heterocycles. The van der Waals surface area contributed by atoms with Crippen LogP contribution in [-0.4, -0.2) is 74.4 Å². The molecule has 0 saturated carbocycles. The number of hydrogen-bond acceptors (Lipinski definition) is 3. The average molecular weight is 372 g/mol. The second-order valence-electron chi connectivity index (χ2n) is 6.36. The van der Waals surface area contributed by atoms with Crippen LogP contribution in [0.15, 0.2) is 35.3 Å². The predicted molar refractivity (Wildman–Crippen MR) is 96.6 cm³/mol. The number of benzene rings is 1. The van der Waals surface area contributed by atoms with Crippen LogP contribution in [0.25, 0.3) is 0 Å². The normalized spacial score (nSPS) is 18.8. The molecule has 1 aliphatic rings. The van der Waals surface area contributed by atoms with Gasteiger partial charge in [-0.25, -0.2) is 0 Å². The number of alkyl halides is 3. The molecule has 0 radical (unpaired) electrons. The molecule has 1 aromatic carbocycles. The Hall–Kier alpha value is -1.96. The summed E-state index contributed by atoms with van der Waals surface area (Å²) in [4.78, 5) is 7.82. The van der Waals surface area contributed by atoms with Gasteiger partial charge in [0.2, 0.25) is 0 Å². The first-order valence-corrected chi connectivity index (χ1v) is 8.86. The number of hydrogen-bond donors (Lipinski definition) is 1. The minimum Gasteiger partial charge on any atom is -0.492 e. The van der Waals surface area contributed by atoms with Crippen LogP contribution in [-0.2, 0) is 0 Å². The largest absolute Gasteiger partial charge is 0.492 e. The lowest BCUT2D eigenvalue weighted by molar-refractivity contribution is -0.143. The predicted octanol–water partition coefficient (Wildman–Crippen LogP) is 2.60. The minimum atomic E-state index is -4.15. The number of guanidine groups is 1. The van der Waals surface area contributed by atoms with Crippen molar-refractivity contribution in [2.24, 2.45) is 4.99 Å². The zero-order chi connectivity index (χ0) is 19.0. The Bertz CT molecular complexity index is 565. The van der Waals surface area contributed by atoms with Gasteiger partial charge in [0, 0.05) is 32.7 Å². The maximum Gasteiger partial charge on any atom is 0.401 e. The van der Waals surface area contributed by atoms with Crippen molar-refractivity contribution in [1.29, 1.82) is 0 Å². The number of aliphatic imine (C=N–C) groups is 1. The molecule has 8 heteroatoms. The van der Waals surface area contributed by atoms with Gasteiger partial charge in [-0.2, -0.15) is 13.2 Å². The van der Waals surface area contributed by atoms with Gasteiger partial charge in [-0.3, -0.25) is 9.89 Å². The summed E-state index contributed by atoms with van der Waals surface area (Å²) in [6, 6.07) is 9.52. The number of likely N-dealkylation sites (tertiary alicyclic amines) is 1. The Balaban J connectivity index is 1.79. The first-order valence-electron chi connectivity index (χ1n) is 8.86. The van der Waals surface area contributed by atoms with Crippen LogP contribution in [0.3, 0.4) is 0 Å². The third kappa shape index (κ3) is 7.11. The number of likely N-dealkylation sites (N-methyl/N-ethyl adjacent to an activating group) is 1. The van der Waals surface area contributed by atoms with E-state index in [2.05, 4.69) is 10.3 Å². The topological polar surface area (TPSA) is 40.1 Å². The molecule has 1 fully saturated rings. The van der Waals surface area contributed by atoms with E-state index in [4.69, 9.17) is 4.74 Å². The summed E-state index contributed by atoms with van der Waals surface area (Å²) in [5.41, 5.74) is 0. The standard InChI is InChI=1S/C18H27F3N4O/c1-3-22-17(23-15-9-10-25(13-15)14-18(19,20)21)24(2)11-12-26-16-7-5-4-6-8-16/h4-8,15H,3,9-14H2,1-2H3,(H,22,23).